The molecule has 0 bridgehead atoms. The molecule has 0 radical (unpaired) electrons. The molecule has 1 aromatic carbocycles. The molecule has 6 nitrogen and oxygen atoms in total. The maximum Gasteiger partial charge on any atom is 0.307 e. The monoisotopic (exact) mass is 316 g/mol. The zero-order valence-corrected chi connectivity index (χ0v) is 13.1. The van der Waals surface area contributed by atoms with E-state index in [4.69, 9.17) is 5.11 Å². The number of hydrogen-bond acceptors (Lipinski definition) is 3. The van der Waals surface area contributed by atoms with E-state index < -0.39 is 23.2 Å². The highest BCUT2D eigenvalue weighted by Gasteiger charge is 2.65. The van der Waals surface area contributed by atoms with E-state index in [0.717, 1.165) is 12.8 Å². The number of anilines is 2. The topological polar surface area (TPSA) is 95.5 Å². The number of carbonyl (C=O) groups excluding carboxylic acids is 2. The zero-order chi connectivity index (χ0) is 16.8. The Kier molecular flexibility index (Phi) is 3.62. The summed E-state index contributed by atoms with van der Waals surface area (Å²) in [6.45, 7) is 3.56. The first kappa shape index (κ1) is 15.5. The van der Waals surface area contributed by atoms with Gasteiger partial charge in [0.2, 0.25) is 11.8 Å². The van der Waals surface area contributed by atoms with Crippen LogP contribution in [0.25, 0.3) is 0 Å². The summed E-state index contributed by atoms with van der Waals surface area (Å²) in [5, 5.41) is 14.7. The third-order valence-corrected chi connectivity index (χ3v) is 4.72. The van der Waals surface area contributed by atoms with Crippen LogP contribution in [-0.2, 0) is 14.4 Å². The molecule has 0 aliphatic heterocycles. The lowest BCUT2D eigenvalue weighted by molar-refractivity contribution is -0.140. The number of nitrogens with one attached hydrogen (secondary N) is 2. The molecule has 3 rings (SSSR count). The summed E-state index contributed by atoms with van der Waals surface area (Å²) in [7, 11) is 0. The van der Waals surface area contributed by atoms with Gasteiger partial charge in [-0.05, 0) is 36.5 Å². The van der Waals surface area contributed by atoms with Crippen molar-refractivity contribution in [2.75, 3.05) is 10.6 Å². The third kappa shape index (κ3) is 3.06. The van der Waals surface area contributed by atoms with E-state index in [9.17, 15) is 14.4 Å². The summed E-state index contributed by atoms with van der Waals surface area (Å²) in [5.74, 6) is -2.32. The van der Waals surface area contributed by atoms with E-state index in [2.05, 4.69) is 10.6 Å². The molecule has 1 aromatic rings. The smallest absolute Gasteiger partial charge is 0.307 e. The van der Waals surface area contributed by atoms with Crippen molar-refractivity contribution in [3.8, 4) is 0 Å². The molecular weight excluding hydrogens is 296 g/mol. The highest BCUT2D eigenvalue weighted by Crippen LogP contribution is 2.58. The van der Waals surface area contributed by atoms with Gasteiger partial charge < -0.3 is 15.7 Å². The maximum atomic E-state index is 12.3. The molecule has 3 N–H and O–H groups in total. The second-order valence-electron chi connectivity index (χ2n) is 6.95. The number of aliphatic carboxylic acids is 1. The molecule has 23 heavy (non-hydrogen) atoms. The van der Waals surface area contributed by atoms with Crippen molar-refractivity contribution in [2.45, 2.75) is 26.7 Å². The van der Waals surface area contributed by atoms with Crippen molar-refractivity contribution in [1.82, 2.24) is 0 Å². The largest absolute Gasteiger partial charge is 0.481 e. The molecular formula is C17H20N2O4. The minimum absolute atomic E-state index is 0.00254. The van der Waals surface area contributed by atoms with Gasteiger partial charge in [-0.15, -0.1) is 0 Å². The van der Waals surface area contributed by atoms with Gasteiger partial charge in [-0.2, -0.15) is 0 Å². The summed E-state index contributed by atoms with van der Waals surface area (Å²) in [5.41, 5.74) is 0.647. The number of carbonyl (C=O) groups is 3. The predicted molar refractivity (Wildman–Crippen MR) is 84.8 cm³/mol. The van der Waals surface area contributed by atoms with Crippen LogP contribution in [-0.4, -0.2) is 22.9 Å². The van der Waals surface area contributed by atoms with E-state index in [-0.39, 0.29) is 17.7 Å². The number of rotatable bonds is 5. The summed E-state index contributed by atoms with van der Waals surface area (Å²) >= 11 is 0. The van der Waals surface area contributed by atoms with Crippen LogP contribution in [0.2, 0.25) is 0 Å². The summed E-state index contributed by atoms with van der Waals surface area (Å²) < 4.78 is 0. The van der Waals surface area contributed by atoms with Gasteiger partial charge in [-0.1, -0.05) is 19.9 Å². The van der Waals surface area contributed by atoms with Crippen molar-refractivity contribution in [1.29, 1.82) is 0 Å². The van der Waals surface area contributed by atoms with E-state index in [1.165, 1.54) is 0 Å². The van der Waals surface area contributed by atoms with Gasteiger partial charge in [0, 0.05) is 17.3 Å². The van der Waals surface area contributed by atoms with Crippen molar-refractivity contribution in [3.05, 3.63) is 24.3 Å². The Balaban J connectivity index is 1.65. The van der Waals surface area contributed by atoms with E-state index >= 15 is 0 Å². The summed E-state index contributed by atoms with van der Waals surface area (Å²) in [6, 6.07) is 6.90. The number of carboxylic acids is 1. The van der Waals surface area contributed by atoms with Crippen molar-refractivity contribution >= 4 is 29.2 Å². The second-order valence-corrected chi connectivity index (χ2v) is 6.95. The standard InChI is InChI=1S/C17H20N2O4/c1-17(2)12(13(17)16(22)23)15(21)19-11-5-3-4-10(8-11)18-14(20)9-6-7-9/h3-5,8-9,12-13H,6-7H2,1-2H3,(H,18,20)(H,19,21)(H,22,23)/t12-,13+/m1/s1. The van der Waals surface area contributed by atoms with Crippen LogP contribution in [0.1, 0.15) is 26.7 Å². The fourth-order valence-electron chi connectivity index (χ4n) is 3.07. The molecule has 2 fully saturated rings. The van der Waals surface area contributed by atoms with Crippen molar-refractivity contribution in [3.63, 3.8) is 0 Å². The molecule has 122 valence electrons. The molecule has 6 heteroatoms. The van der Waals surface area contributed by atoms with Crippen LogP contribution in [0.15, 0.2) is 24.3 Å². The van der Waals surface area contributed by atoms with Crippen LogP contribution in [0.5, 0.6) is 0 Å². The minimum Gasteiger partial charge on any atom is -0.481 e. The number of carboxylic acid groups (broad SMARTS) is 1. The van der Waals surface area contributed by atoms with Crippen molar-refractivity contribution < 1.29 is 19.5 Å². The first-order valence-corrected chi connectivity index (χ1v) is 7.75. The Morgan fingerprint density at radius 3 is 2.09 bits per heavy atom. The summed E-state index contributed by atoms with van der Waals surface area (Å²) in [6.07, 6.45) is 1.85. The minimum atomic E-state index is -0.944. The van der Waals surface area contributed by atoms with Crippen molar-refractivity contribution in [2.24, 2.45) is 23.2 Å². The maximum absolute atomic E-state index is 12.3. The van der Waals surface area contributed by atoms with Gasteiger partial charge >= 0.3 is 5.97 Å². The van der Waals surface area contributed by atoms with Crippen LogP contribution in [0.4, 0.5) is 11.4 Å². The van der Waals surface area contributed by atoms with Crippen LogP contribution >= 0.6 is 0 Å². The first-order chi connectivity index (χ1) is 10.8. The van der Waals surface area contributed by atoms with Gasteiger partial charge in [0.05, 0.1) is 11.8 Å². The number of benzene rings is 1. The molecule has 0 heterocycles. The molecule has 0 saturated heterocycles. The fraction of sp³-hybridized carbons (Fsp3) is 0.471. The summed E-state index contributed by atoms with van der Waals surface area (Å²) in [4.78, 5) is 35.2. The van der Waals surface area contributed by atoms with Crippen LogP contribution in [0.3, 0.4) is 0 Å². The molecule has 2 saturated carbocycles. The quantitative estimate of drug-likeness (QED) is 0.777. The zero-order valence-electron chi connectivity index (χ0n) is 13.1. The highest BCUT2D eigenvalue weighted by atomic mass is 16.4. The fourth-order valence-corrected chi connectivity index (χ4v) is 3.07. The van der Waals surface area contributed by atoms with Gasteiger partial charge in [0.25, 0.3) is 0 Å². The van der Waals surface area contributed by atoms with Gasteiger partial charge in [-0.25, -0.2) is 0 Å². The van der Waals surface area contributed by atoms with E-state index in [0.29, 0.717) is 11.4 Å². The normalized spacial score (nSPS) is 24.6. The predicted octanol–water partition coefficient (Wildman–Crippen LogP) is 2.33. The third-order valence-electron chi connectivity index (χ3n) is 4.72. The lowest BCUT2D eigenvalue weighted by atomic mass is 10.1. The first-order valence-electron chi connectivity index (χ1n) is 7.75. The van der Waals surface area contributed by atoms with E-state index in [1.807, 2.05) is 0 Å². The average Bonchev–Trinajstić information content (AvgIpc) is 3.33. The van der Waals surface area contributed by atoms with Gasteiger partial charge in [-0.3, -0.25) is 14.4 Å². The highest BCUT2D eigenvalue weighted by molar-refractivity contribution is 6.00. The molecule has 0 aromatic heterocycles. The molecule has 0 spiro atoms. The second kappa shape index (κ2) is 5.37. The van der Waals surface area contributed by atoms with E-state index in [1.54, 1.807) is 38.1 Å². The SMILES string of the molecule is CC1(C)[C@H](C(=O)O)[C@@H]1C(=O)Nc1cccc(NC(=O)C2CC2)c1. The van der Waals surface area contributed by atoms with Crippen LogP contribution < -0.4 is 10.6 Å². The average molecular weight is 316 g/mol. The number of amides is 2. The Morgan fingerprint density at radius 2 is 1.61 bits per heavy atom. The van der Waals surface area contributed by atoms with Gasteiger partial charge in [0.15, 0.2) is 0 Å². The lowest BCUT2D eigenvalue weighted by Gasteiger charge is -2.09. The Labute approximate surface area is 134 Å². The molecule has 2 atom stereocenters. The molecule has 0 unspecified atom stereocenters. The molecule has 2 aliphatic carbocycles. The Morgan fingerprint density at radius 1 is 1.04 bits per heavy atom. The molecule has 2 aliphatic rings. The Bertz CT molecular complexity index is 679. The van der Waals surface area contributed by atoms with Crippen LogP contribution in [0, 0.1) is 23.2 Å². The molecule has 2 amide bonds. The Hall–Kier alpha value is -2.37. The number of hydrogen-bond donors (Lipinski definition) is 3. The lowest BCUT2D eigenvalue weighted by Crippen LogP contribution is -2.18. The van der Waals surface area contributed by atoms with Gasteiger partial charge in [0.1, 0.15) is 0 Å².